The molecular formula is C8H10IN3OS. The van der Waals surface area contributed by atoms with Crippen molar-refractivity contribution in [1.29, 1.82) is 0 Å². The number of alkyl halides is 1. The fourth-order valence-electron chi connectivity index (χ4n) is 1.01. The Balaban J connectivity index is 3.04. The number of aliphatic imine (C=N–C) groups is 1. The zero-order valence-electron chi connectivity index (χ0n) is 7.81. The van der Waals surface area contributed by atoms with Crippen LogP contribution in [0.3, 0.4) is 0 Å². The van der Waals surface area contributed by atoms with E-state index >= 15 is 0 Å². The number of rotatable bonds is 3. The first-order valence-corrected chi connectivity index (χ1v) is 5.84. The van der Waals surface area contributed by atoms with E-state index in [-0.39, 0.29) is 9.71 Å². The number of Topliss-reactive ketones (excluding diaryl/α,β-unsaturated/α-hetero) is 1. The standard InChI is InChI=1S/C8H10IN3OS/c1-3-10-7-5(6(13)4(2)9)8(14)12-11-7/h3-4,8,14H,1-2H3. The Labute approximate surface area is 102 Å². The number of hydrogen-bond acceptors (Lipinski definition) is 5. The van der Waals surface area contributed by atoms with Gasteiger partial charge in [-0.2, -0.15) is 5.11 Å². The highest BCUT2D eigenvalue weighted by molar-refractivity contribution is 14.1. The molecule has 0 N–H and O–H groups in total. The number of halogens is 1. The van der Waals surface area contributed by atoms with E-state index in [0.717, 1.165) is 0 Å². The number of thiol groups is 1. The van der Waals surface area contributed by atoms with Crippen molar-refractivity contribution in [2.75, 3.05) is 0 Å². The molecule has 1 aliphatic heterocycles. The van der Waals surface area contributed by atoms with E-state index in [9.17, 15) is 4.79 Å². The van der Waals surface area contributed by atoms with Crippen LogP contribution in [0.5, 0.6) is 0 Å². The van der Waals surface area contributed by atoms with Gasteiger partial charge in [-0.15, -0.1) is 17.7 Å². The quantitative estimate of drug-likeness (QED) is 0.369. The highest BCUT2D eigenvalue weighted by atomic mass is 127. The summed E-state index contributed by atoms with van der Waals surface area (Å²) in [5.74, 6) is 0.386. The van der Waals surface area contributed by atoms with Crippen LogP contribution in [0.2, 0.25) is 0 Å². The van der Waals surface area contributed by atoms with Crippen LogP contribution in [0.25, 0.3) is 0 Å². The van der Waals surface area contributed by atoms with Gasteiger partial charge in [0.05, 0.1) is 9.50 Å². The highest BCUT2D eigenvalue weighted by Gasteiger charge is 2.28. The van der Waals surface area contributed by atoms with Crippen molar-refractivity contribution in [1.82, 2.24) is 0 Å². The van der Waals surface area contributed by atoms with E-state index in [1.807, 2.05) is 6.92 Å². The molecule has 2 unspecified atom stereocenters. The molecule has 0 aromatic rings. The maximum Gasteiger partial charge on any atom is 0.183 e. The van der Waals surface area contributed by atoms with E-state index in [4.69, 9.17) is 0 Å². The van der Waals surface area contributed by atoms with Crippen molar-refractivity contribution in [2.45, 2.75) is 23.1 Å². The third-order valence-electron chi connectivity index (χ3n) is 1.64. The first-order valence-electron chi connectivity index (χ1n) is 4.08. The van der Waals surface area contributed by atoms with Crippen LogP contribution in [-0.2, 0) is 4.79 Å². The summed E-state index contributed by atoms with van der Waals surface area (Å²) in [6, 6.07) is 0. The lowest BCUT2D eigenvalue weighted by Gasteiger charge is -2.06. The summed E-state index contributed by atoms with van der Waals surface area (Å²) < 4.78 is -0.109. The van der Waals surface area contributed by atoms with Gasteiger partial charge < -0.3 is 0 Å². The van der Waals surface area contributed by atoms with E-state index < -0.39 is 5.37 Å². The minimum absolute atomic E-state index is 0.00352. The van der Waals surface area contributed by atoms with Crippen molar-refractivity contribution in [3.8, 4) is 0 Å². The number of nitrogens with zero attached hydrogens (tertiary/aromatic N) is 3. The molecule has 76 valence electrons. The summed E-state index contributed by atoms with van der Waals surface area (Å²) in [6.45, 7) is 3.59. The number of hydrogen-bond donors (Lipinski definition) is 1. The molecule has 0 fully saturated rings. The van der Waals surface area contributed by atoms with Gasteiger partial charge >= 0.3 is 0 Å². The minimum Gasteiger partial charge on any atom is -0.293 e. The van der Waals surface area contributed by atoms with Crippen molar-refractivity contribution < 1.29 is 4.79 Å². The Morgan fingerprint density at radius 3 is 2.93 bits per heavy atom. The van der Waals surface area contributed by atoms with Gasteiger partial charge in [0.2, 0.25) is 0 Å². The molecule has 1 heterocycles. The van der Waals surface area contributed by atoms with Crippen molar-refractivity contribution >= 4 is 47.2 Å². The number of ketones is 1. The molecule has 4 nitrogen and oxygen atoms in total. The molecule has 0 saturated carbocycles. The predicted octanol–water partition coefficient (Wildman–Crippen LogP) is 2.40. The molecule has 0 aromatic carbocycles. The Bertz CT molecular complexity index is 331. The van der Waals surface area contributed by atoms with Gasteiger partial charge in [0.1, 0.15) is 5.37 Å². The Morgan fingerprint density at radius 2 is 2.43 bits per heavy atom. The molecule has 1 aliphatic rings. The fourth-order valence-corrected chi connectivity index (χ4v) is 1.64. The molecular weight excluding hydrogens is 313 g/mol. The Morgan fingerprint density at radius 1 is 1.79 bits per heavy atom. The monoisotopic (exact) mass is 323 g/mol. The fraction of sp³-hybridized carbons (Fsp3) is 0.500. The molecule has 14 heavy (non-hydrogen) atoms. The number of azo groups is 1. The topological polar surface area (TPSA) is 54.1 Å². The van der Waals surface area contributed by atoms with Crippen molar-refractivity contribution in [2.24, 2.45) is 15.2 Å². The van der Waals surface area contributed by atoms with Gasteiger partial charge in [-0.05, 0) is 13.8 Å². The van der Waals surface area contributed by atoms with E-state index in [1.54, 1.807) is 13.1 Å². The maximum absolute atomic E-state index is 11.7. The normalized spacial score (nSPS) is 23.6. The first-order chi connectivity index (χ1) is 6.57. The summed E-state index contributed by atoms with van der Waals surface area (Å²) in [4.78, 5) is 15.7. The third-order valence-corrected chi connectivity index (χ3v) is 2.57. The second-order valence-electron chi connectivity index (χ2n) is 2.69. The molecule has 0 spiro atoms. The maximum atomic E-state index is 11.7. The van der Waals surface area contributed by atoms with Gasteiger partial charge in [-0.1, -0.05) is 22.6 Å². The molecule has 0 amide bonds. The molecule has 6 heteroatoms. The lowest BCUT2D eigenvalue weighted by atomic mass is 10.1. The molecule has 0 aliphatic carbocycles. The molecule has 2 atom stereocenters. The summed E-state index contributed by atoms with van der Waals surface area (Å²) in [5.41, 5.74) is 0.494. The van der Waals surface area contributed by atoms with Crippen molar-refractivity contribution in [3.63, 3.8) is 0 Å². The van der Waals surface area contributed by atoms with E-state index in [1.165, 1.54) is 0 Å². The van der Waals surface area contributed by atoms with Gasteiger partial charge in [-0.3, -0.25) is 4.79 Å². The summed E-state index contributed by atoms with van der Waals surface area (Å²) >= 11 is 6.21. The van der Waals surface area contributed by atoms with Gasteiger partial charge in [0, 0.05) is 6.21 Å². The molecule has 0 aromatic heterocycles. The van der Waals surface area contributed by atoms with Crippen LogP contribution in [-0.4, -0.2) is 21.3 Å². The zero-order valence-corrected chi connectivity index (χ0v) is 10.9. The number of carbonyl (C=O) groups excluding carboxylic acids is 1. The average molecular weight is 323 g/mol. The second kappa shape index (κ2) is 5.01. The lowest BCUT2D eigenvalue weighted by Crippen LogP contribution is -2.18. The van der Waals surface area contributed by atoms with Crippen molar-refractivity contribution in [3.05, 3.63) is 11.4 Å². The van der Waals surface area contributed by atoms with Gasteiger partial charge in [0.15, 0.2) is 11.6 Å². The van der Waals surface area contributed by atoms with Crippen LogP contribution in [0, 0.1) is 0 Å². The van der Waals surface area contributed by atoms with Crippen LogP contribution in [0.15, 0.2) is 26.6 Å². The van der Waals surface area contributed by atoms with E-state index in [0.29, 0.717) is 11.4 Å². The van der Waals surface area contributed by atoms with E-state index in [2.05, 4.69) is 50.4 Å². The minimum atomic E-state index is -0.460. The largest absolute Gasteiger partial charge is 0.293 e. The molecule has 0 bridgehead atoms. The summed E-state index contributed by atoms with van der Waals surface area (Å²) in [6.07, 6.45) is 1.59. The zero-order chi connectivity index (χ0) is 10.7. The Kier molecular flexibility index (Phi) is 4.24. The molecule has 1 rings (SSSR count). The highest BCUT2D eigenvalue weighted by Crippen LogP contribution is 2.28. The average Bonchev–Trinajstić information content (AvgIpc) is 2.47. The van der Waals surface area contributed by atoms with Crippen LogP contribution < -0.4 is 0 Å². The Hall–Kier alpha value is -0.240. The molecule has 0 saturated heterocycles. The smallest absolute Gasteiger partial charge is 0.183 e. The second-order valence-corrected chi connectivity index (χ2v) is 5.05. The SMILES string of the molecule is CC=NC1=C(C(=O)C(C)I)C(S)N=N1. The summed E-state index contributed by atoms with van der Waals surface area (Å²) in [5, 5.41) is 7.14. The van der Waals surface area contributed by atoms with Gasteiger partial charge in [0.25, 0.3) is 0 Å². The van der Waals surface area contributed by atoms with Crippen LogP contribution in [0.1, 0.15) is 13.8 Å². The predicted molar refractivity (Wildman–Crippen MR) is 67.3 cm³/mol. The van der Waals surface area contributed by atoms with Crippen LogP contribution in [0.4, 0.5) is 0 Å². The third kappa shape index (κ3) is 2.41. The van der Waals surface area contributed by atoms with Crippen LogP contribution >= 0.6 is 35.2 Å². The molecule has 0 radical (unpaired) electrons. The lowest BCUT2D eigenvalue weighted by molar-refractivity contribution is -0.114. The summed E-state index contributed by atoms with van der Waals surface area (Å²) in [7, 11) is 0. The number of carbonyl (C=O) groups is 1. The first kappa shape index (κ1) is 11.8. The van der Waals surface area contributed by atoms with Gasteiger partial charge in [-0.25, -0.2) is 4.99 Å².